The largest absolute Gasteiger partial charge is 0.381 e. The van der Waals surface area contributed by atoms with E-state index in [1.54, 1.807) is 0 Å². The van der Waals surface area contributed by atoms with Gasteiger partial charge in [0.25, 0.3) is 0 Å². The summed E-state index contributed by atoms with van der Waals surface area (Å²) in [5.41, 5.74) is 0. The first-order chi connectivity index (χ1) is 10.2. The lowest BCUT2D eigenvalue weighted by molar-refractivity contribution is -0.126. The molecule has 7 heteroatoms. The first kappa shape index (κ1) is 14.7. The fourth-order valence-corrected chi connectivity index (χ4v) is 3.65. The van der Waals surface area contributed by atoms with Gasteiger partial charge in [-0.1, -0.05) is 0 Å². The van der Waals surface area contributed by atoms with Gasteiger partial charge < -0.3 is 15.0 Å². The monoisotopic (exact) mass is 310 g/mol. The molecule has 1 unspecified atom stereocenters. The van der Waals surface area contributed by atoms with Gasteiger partial charge in [0.2, 0.25) is 11.0 Å². The van der Waals surface area contributed by atoms with Gasteiger partial charge in [-0.25, -0.2) is 4.98 Å². The summed E-state index contributed by atoms with van der Waals surface area (Å²) in [6, 6.07) is 0.283. The maximum atomic E-state index is 12.4. The summed E-state index contributed by atoms with van der Waals surface area (Å²) >= 11 is 1.42. The highest BCUT2D eigenvalue weighted by molar-refractivity contribution is 7.09. The van der Waals surface area contributed by atoms with Crippen LogP contribution in [-0.4, -0.2) is 47.6 Å². The summed E-state index contributed by atoms with van der Waals surface area (Å²) in [5.74, 6) is 1.06. The Morgan fingerprint density at radius 2 is 2.19 bits per heavy atom. The van der Waals surface area contributed by atoms with Gasteiger partial charge in [0, 0.05) is 43.9 Å². The predicted octanol–water partition coefficient (Wildman–Crippen LogP) is 1.36. The zero-order chi connectivity index (χ0) is 14.7. The maximum Gasteiger partial charge on any atom is 0.225 e. The lowest BCUT2D eigenvalue weighted by Gasteiger charge is -2.33. The van der Waals surface area contributed by atoms with Crippen molar-refractivity contribution in [2.75, 3.05) is 31.2 Å². The van der Waals surface area contributed by atoms with Crippen LogP contribution < -0.4 is 10.2 Å². The van der Waals surface area contributed by atoms with Gasteiger partial charge >= 0.3 is 0 Å². The number of hydrogen-bond acceptors (Lipinski definition) is 6. The molecule has 21 heavy (non-hydrogen) atoms. The third kappa shape index (κ3) is 3.71. The summed E-state index contributed by atoms with van der Waals surface area (Å²) in [7, 11) is 0. The number of ether oxygens (including phenoxy) is 1. The number of carbonyl (C=O) groups excluding carboxylic acids is 1. The van der Waals surface area contributed by atoms with Crippen LogP contribution in [-0.2, 0) is 9.53 Å². The Bertz CT molecular complexity index is 487. The molecule has 0 spiro atoms. The first-order valence-corrected chi connectivity index (χ1v) is 8.43. The van der Waals surface area contributed by atoms with E-state index >= 15 is 0 Å². The van der Waals surface area contributed by atoms with E-state index in [0.29, 0.717) is 0 Å². The number of hydrogen-bond donors (Lipinski definition) is 1. The van der Waals surface area contributed by atoms with Gasteiger partial charge in [-0.2, -0.15) is 4.37 Å². The zero-order valence-corrected chi connectivity index (χ0v) is 13.2. The lowest BCUT2D eigenvalue weighted by atomic mass is 9.96. The van der Waals surface area contributed by atoms with E-state index < -0.39 is 0 Å². The van der Waals surface area contributed by atoms with Crippen LogP contribution in [0.3, 0.4) is 0 Å². The van der Waals surface area contributed by atoms with Crippen molar-refractivity contribution in [3.63, 3.8) is 0 Å². The Hall–Kier alpha value is -1.21. The van der Waals surface area contributed by atoms with Crippen LogP contribution in [0.4, 0.5) is 5.13 Å². The van der Waals surface area contributed by atoms with Crippen molar-refractivity contribution in [1.82, 2.24) is 14.7 Å². The van der Waals surface area contributed by atoms with Crippen LogP contribution in [0, 0.1) is 12.8 Å². The van der Waals surface area contributed by atoms with E-state index in [-0.39, 0.29) is 17.9 Å². The van der Waals surface area contributed by atoms with E-state index in [1.165, 1.54) is 11.5 Å². The van der Waals surface area contributed by atoms with Crippen LogP contribution in [0.15, 0.2) is 0 Å². The van der Waals surface area contributed by atoms with Crippen molar-refractivity contribution >= 4 is 22.6 Å². The third-order valence-electron chi connectivity index (χ3n) is 4.15. The minimum atomic E-state index is 0.0609. The third-order valence-corrected chi connectivity index (χ3v) is 5.02. The minimum Gasteiger partial charge on any atom is -0.381 e. The number of carbonyl (C=O) groups is 1. The molecule has 1 N–H and O–H groups in total. The Morgan fingerprint density at radius 3 is 2.90 bits per heavy atom. The first-order valence-electron chi connectivity index (χ1n) is 7.66. The molecule has 2 aliphatic heterocycles. The summed E-state index contributed by atoms with van der Waals surface area (Å²) in [6.45, 7) is 5.14. The molecule has 116 valence electrons. The number of anilines is 1. The fraction of sp³-hybridized carbons (Fsp3) is 0.786. The van der Waals surface area contributed by atoms with Crippen LogP contribution in [0.5, 0.6) is 0 Å². The topological polar surface area (TPSA) is 67.4 Å². The molecule has 3 heterocycles. The van der Waals surface area contributed by atoms with Gasteiger partial charge in [-0.15, -0.1) is 0 Å². The highest BCUT2D eigenvalue weighted by atomic mass is 32.1. The Labute approximate surface area is 129 Å². The number of amides is 1. The van der Waals surface area contributed by atoms with Crippen molar-refractivity contribution in [2.45, 2.75) is 38.6 Å². The average Bonchev–Trinajstić information content (AvgIpc) is 2.95. The van der Waals surface area contributed by atoms with Crippen molar-refractivity contribution in [3.8, 4) is 0 Å². The normalized spacial score (nSPS) is 24.0. The van der Waals surface area contributed by atoms with Gasteiger partial charge in [-0.05, 0) is 32.6 Å². The van der Waals surface area contributed by atoms with E-state index in [4.69, 9.17) is 4.74 Å². The van der Waals surface area contributed by atoms with Gasteiger partial charge in [0.1, 0.15) is 5.82 Å². The van der Waals surface area contributed by atoms with E-state index in [9.17, 15) is 4.79 Å². The number of nitrogens with one attached hydrogen (secondary N) is 1. The molecule has 1 atom stereocenters. The second-order valence-electron chi connectivity index (χ2n) is 5.80. The Balaban J connectivity index is 1.56. The molecule has 2 aliphatic rings. The zero-order valence-electron chi connectivity index (χ0n) is 12.4. The molecule has 6 nitrogen and oxygen atoms in total. The van der Waals surface area contributed by atoms with Crippen LogP contribution in [0.25, 0.3) is 0 Å². The maximum absolute atomic E-state index is 12.4. The van der Waals surface area contributed by atoms with Gasteiger partial charge in [-0.3, -0.25) is 4.79 Å². The van der Waals surface area contributed by atoms with Crippen molar-refractivity contribution < 1.29 is 9.53 Å². The summed E-state index contributed by atoms with van der Waals surface area (Å²) < 4.78 is 9.56. The molecule has 0 aliphatic carbocycles. The van der Waals surface area contributed by atoms with E-state index in [2.05, 4.69) is 19.6 Å². The molecular formula is C14H22N4O2S. The van der Waals surface area contributed by atoms with E-state index in [1.807, 2.05) is 6.92 Å². The molecule has 1 aromatic heterocycles. The highest BCUT2D eigenvalue weighted by Crippen LogP contribution is 2.25. The molecule has 0 radical (unpaired) electrons. The number of aryl methyl sites for hydroxylation is 1. The van der Waals surface area contributed by atoms with Crippen LogP contribution in [0.1, 0.15) is 31.5 Å². The number of piperidine rings is 1. The van der Waals surface area contributed by atoms with E-state index in [0.717, 1.165) is 62.9 Å². The molecule has 2 saturated heterocycles. The summed E-state index contributed by atoms with van der Waals surface area (Å²) in [4.78, 5) is 19.1. The van der Waals surface area contributed by atoms with Crippen molar-refractivity contribution in [1.29, 1.82) is 0 Å². The highest BCUT2D eigenvalue weighted by Gasteiger charge is 2.29. The molecule has 2 fully saturated rings. The summed E-state index contributed by atoms with van der Waals surface area (Å²) in [6.07, 6.45) is 3.85. The molecule has 0 bridgehead atoms. The molecule has 0 aromatic carbocycles. The second-order valence-corrected chi connectivity index (χ2v) is 6.53. The fourth-order valence-electron chi connectivity index (χ4n) is 2.94. The number of nitrogens with zero attached hydrogens (tertiary/aromatic N) is 3. The standard InChI is InChI=1S/C14H22N4O2S/c1-10-15-14(21-17-10)18-6-2-3-11(9-18)13(19)16-12-4-7-20-8-5-12/h11-12H,2-9H2,1H3,(H,16,19). The van der Waals surface area contributed by atoms with Gasteiger partial charge in [0.15, 0.2) is 0 Å². The molecule has 1 amide bonds. The predicted molar refractivity (Wildman–Crippen MR) is 81.6 cm³/mol. The second kappa shape index (κ2) is 6.70. The average molecular weight is 310 g/mol. The molecule has 3 rings (SSSR count). The Morgan fingerprint density at radius 1 is 1.38 bits per heavy atom. The SMILES string of the molecule is Cc1nsc(N2CCCC(C(=O)NC3CCOCC3)C2)n1. The van der Waals surface area contributed by atoms with Crippen LogP contribution in [0.2, 0.25) is 0 Å². The van der Waals surface area contributed by atoms with Crippen molar-refractivity contribution in [2.24, 2.45) is 5.92 Å². The van der Waals surface area contributed by atoms with Gasteiger partial charge in [0.05, 0.1) is 5.92 Å². The summed E-state index contributed by atoms with van der Waals surface area (Å²) in [5, 5.41) is 4.13. The molecule has 0 saturated carbocycles. The lowest BCUT2D eigenvalue weighted by Crippen LogP contribution is -2.47. The van der Waals surface area contributed by atoms with Crippen molar-refractivity contribution in [3.05, 3.63) is 5.82 Å². The smallest absolute Gasteiger partial charge is 0.225 e. The van der Waals surface area contributed by atoms with Crippen LogP contribution >= 0.6 is 11.5 Å². The molecule has 1 aromatic rings. The quantitative estimate of drug-likeness (QED) is 0.913. The number of rotatable bonds is 3. The Kier molecular flexibility index (Phi) is 4.70. The number of aromatic nitrogens is 2. The minimum absolute atomic E-state index is 0.0609. The molecular weight excluding hydrogens is 288 g/mol.